The van der Waals surface area contributed by atoms with Crippen molar-refractivity contribution < 1.29 is 9.59 Å². The molecule has 2 N–H and O–H groups in total. The first-order valence-electron chi connectivity index (χ1n) is 9.35. The Morgan fingerprint density at radius 1 is 1.05 bits per heavy atom. The summed E-state index contributed by atoms with van der Waals surface area (Å²) in [6, 6.07) is 0. The molecule has 0 bridgehead atoms. The van der Waals surface area contributed by atoms with Gasteiger partial charge in [-0.3, -0.25) is 4.48 Å². The number of unbranched alkanes of at least 4 members (excludes halogenated alkanes) is 6. The molecule has 0 aromatic rings. The Morgan fingerprint density at radius 3 is 2.50 bits per heavy atom. The number of nitrogens with one attached hydrogen (secondary N) is 1. The van der Waals surface area contributed by atoms with E-state index in [9.17, 15) is 5.11 Å². The van der Waals surface area contributed by atoms with Gasteiger partial charge in [0, 0.05) is 6.42 Å². The van der Waals surface area contributed by atoms with Crippen LogP contribution in [-0.2, 0) is 0 Å². The summed E-state index contributed by atoms with van der Waals surface area (Å²) in [5, 5.41) is 12.8. The smallest absolute Gasteiger partial charge is 0.166 e. The lowest BCUT2D eigenvalue weighted by atomic mass is 10.1. The zero-order chi connectivity index (χ0) is 16.1. The maximum absolute atomic E-state index is 9.30. The van der Waals surface area contributed by atoms with E-state index in [1.165, 1.54) is 44.9 Å². The summed E-state index contributed by atoms with van der Waals surface area (Å²) in [4.78, 5) is 0. The zero-order valence-electron chi connectivity index (χ0n) is 14.8. The minimum atomic E-state index is 0.254. The first kappa shape index (κ1) is 19.2. The predicted octanol–water partition coefficient (Wildman–Crippen LogP) is 4.30. The molecule has 0 aromatic heterocycles. The molecule has 0 aliphatic carbocycles. The van der Waals surface area contributed by atoms with Gasteiger partial charge in [0.05, 0.1) is 19.4 Å². The third-order valence-corrected chi connectivity index (χ3v) is 4.88. The first-order chi connectivity index (χ1) is 10.8. The van der Waals surface area contributed by atoms with E-state index in [4.69, 9.17) is 0 Å². The number of quaternary nitrogens is 1. The average molecular weight is 310 g/mol. The lowest BCUT2D eigenvalue weighted by molar-refractivity contribution is -0.899. The Bertz CT molecular complexity index is 327. The molecule has 1 rings (SSSR count). The van der Waals surface area contributed by atoms with Crippen molar-refractivity contribution in [3.63, 3.8) is 0 Å². The highest BCUT2D eigenvalue weighted by molar-refractivity contribution is 4.88. The molecule has 0 spiro atoms. The summed E-state index contributed by atoms with van der Waals surface area (Å²) in [6.45, 7) is 6.57. The number of hydrogen-bond acceptors (Lipinski definition) is 2. The summed E-state index contributed by atoms with van der Waals surface area (Å²) in [5.74, 6) is 0. The number of aliphatic hydroxyl groups excluding tert-OH is 1. The summed E-state index contributed by atoms with van der Waals surface area (Å²) >= 11 is 0. The van der Waals surface area contributed by atoms with Crippen LogP contribution < -0.4 is 5.32 Å². The van der Waals surface area contributed by atoms with E-state index >= 15 is 0 Å². The predicted molar refractivity (Wildman–Crippen MR) is 95.2 cm³/mol. The molecule has 0 aromatic carbocycles. The molecule has 22 heavy (non-hydrogen) atoms. The number of rotatable bonds is 13. The molecule has 0 radical (unpaired) electrons. The van der Waals surface area contributed by atoms with Gasteiger partial charge >= 0.3 is 0 Å². The second-order valence-corrected chi connectivity index (χ2v) is 6.47. The lowest BCUT2D eigenvalue weighted by Crippen LogP contribution is -2.53. The summed E-state index contributed by atoms with van der Waals surface area (Å²) < 4.78 is 0.877. The fourth-order valence-electron chi connectivity index (χ4n) is 3.33. The third-order valence-electron chi connectivity index (χ3n) is 4.88. The van der Waals surface area contributed by atoms with E-state index in [2.05, 4.69) is 43.7 Å². The van der Waals surface area contributed by atoms with Gasteiger partial charge in [0.1, 0.15) is 12.7 Å². The normalized spacial score (nSPS) is 24.2. The van der Waals surface area contributed by atoms with Crippen molar-refractivity contribution in [2.75, 3.05) is 19.7 Å². The van der Waals surface area contributed by atoms with Crippen molar-refractivity contribution in [2.45, 2.75) is 77.8 Å². The molecule has 0 fully saturated rings. The molecular weight excluding hydrogens is 272 g/mol. The van der Waals surface area contributed by atoms with Crippen LogP contribution >= 0.6 is 0 Å². The topological polar surface area (TPSA) is 32.3 Å². The molecule has 0 saturated heterocycles. The lowest BCUT2D eigenvalue weighted by Gasteiger charge is -2.36. The van der Waals surface area contributed by atoms with Crippen LogP contribution in [0.25, 0.3) is 0 Å². The second-order valence-electron chi connectivity index (χ2n) is 6.47. The Balaban J connectivity index is 2.12. The van der Waals surface area contributed by atoms with Crippen LogP contribution in [-0.4, -0.2) is 35.5 Å². The number of aliphatic hydroxyl groups is 1. The molecule has 3 nitrogen and oxygen atoms in total. The monoisotopic (exact) mass is 309 g/mol. The molecule has 128 valence electrons. The average Bonchev–Trinajstić information content (AvgIpc) is 2.93. The van der Waals surface area contributed by atoms with Gasteiger partial charge in [0.15, 0.2) is 6.17 Å². The van der Waals surface area contributed by atoms with Crippen LogP contribution in [0.4, 0.5) is 0 Å². The second kappa shape index (κ2) is 11.7. The number of allylic oxidation sites excluding steroid dienone is 2. The van der Waals surface area contributed by atoms with E-state index in [0.29, 0.717) is 6.17 Å². The van der Waals surface area contributed by atoms with Crippen LogP contribution in [0.15, 0.2) is 24.6 Å². The molecule has 1 aliphatic rings. The van der Waals surface area contributed by atoms with Crippen LogP contribution in [0.2, 0.25) is 0 Å². The highest BCUT2D eigenvalue weighted by Gasteiger charge is 2.35. The number of nitrogens with zero attached hydrogens (tertiary/aromatic N) is 1. The van der Waals surface area contributed by atoms with Crippen LogP contribution in [0, 0.1) is 0 Å². The minimum Gasteiger partial charge on any atom is -0.390 e. The van der Waals surface area contributed by atoms with Crippen molar-refractivity contribution in [1.82, 2.24) is 5.32 Å². The summed E-state index contributed by atoms with van der Waals surface area (Å²) in [6.07, 6.45) is 21.1. The fraction of sp³-hybridized carbons (Fsp3) is 0.789. The van der Waals surface area contributed by atoms with E-state index in [0.717, 1.165) is 30.4 Å². The van der Waals surface area contributed by atoms with Gasteiger partial charge in [-0.05, 0) is 26.2 Å². The van der Waals surface area contributed by atoms with Gasteiger partial charge in [-0.2, -0.15) is 0 Å². The van der Waals surface area contributed by atoms with Crippen LogP contribution in [0.5, 0.6) is 0 Å². The Hall–Kier alpha value is -0.800. The zero-order valence-corrected chi connectivity index (χ0v) is 14.8. The standard InChI is InChI=1S/C19H37N2O/c1-3-5-6-7-8-9-10-11-12-13-14-19-20-15-16-21(19,4-2)17-18-22/h11-12,15-16,19-20,22H,3-10,13-14,17-18H2,1-2H3/q+1/b12-11+. The van der Waals surface area contributed by atoms with Gasteiger partial charge in [-0.1, -0.05) is 51.2 Å². The van der Waals surface area contributed by atoms with Gasteiger partial charge < -0.3 is 10.4 Å². The van der Waals surface area contributed by atoms with Gasteiger partial charge in [-0.25, -0.2) is 0 Å². The van der Waals surface area contributed by atoms with E-state index in [1.807, 2.05) is 0 Å². The van der Waals surface area contributed by atoms with Crippen molar-refractivity contribution in [3.8, 4) is 0 Å². The molecule has 3 heteroatoms. The molecule has 2 unspecified atom stereocenters. The third kappa shape index (κ3) is 6.53. The van der Waals surface area contributed by atoms with Crippen LogP contribution in [0.1, 0.15) is 71.6 Å². The van der Waals surface area contributed by atoms with Gasteiger partial charge in [0.25, 0.3) is 0 Å². The minimum absolute atomic E-state index is 0.254. The van der Waals surface area contributed by atoms with Crippen molar-refractivity contribution >= 4 is 0 Å². The maximum atomic E-state index is 9.30. The molecule has 0 amide bonds. The number of likely N-dealkylation sites (N-methyl/N-ethyl adjacent to an activating group) is 1. The van der Waals surface area contributed by atoms with Crippen LogP contribution in [0.3, 0.4) is 0 Å². The van der Waals surface area contributed by atoms with E-state index < -0.39 is 0 Å². The maximum Gasteiger partial charge on any atom is 0.166 e. The molecular formula is C19H37N2O+. The van der Waals surface area contributed by atoms with Crippen molar-refractivity contribution in [3.05, 3.63) is 24.6 Å². The SMILES string of the molecule is CCCCCCCC/C=C/CCC1NC=C[N+]1(CC)CCO. The van der Waals surface area contributed by atoms with Crippen molar-refractivity contribution in [1.29, 1.82) is 0 Å². The van der Waals surface area contributed by atoms with E-state index in [-0.39, 0.29) is 6.61 Å². The Morgan fingerprint density at radius 2 is 1.77 bits per heavy atom. The quantitative estimate of drug-likeness (QED) is 0.302. The summed E-state index contributed by atoms with van der Waals surface area (Å²) in [5.41, 5.74) is 0. The molecule has 0 saturated carbocycles. The first-order valence-corrected chi connectivity index (χ1v) is 9.35. The molecule has 1 heterocycles. The number of hydrogen-bond donors (Lipinski definition) is 2. The van der Waals surface area contributed by atoms with Crippen molar-refractivity contribution in [2.24, 2.45) is 0 Å². The molecule has 1 aliphatic heterocycles. The van der Waals surface area contributed by atoms with E-state index in [1.54, 1.807) is 0 Å². The Kier molecular flexibility index (Phi) is 10.3. The van der Waals surface area contributed by atoms with Gasteiger partial charge in [0.2, 0.25) is 0 Å². The fourth-order valence-corrected chi connectivity index (χ4v) is 3.33. The highest BCUT2D eigenvalue weighted by Crippen LogP contribution is 2.21. The highest BCUT2D eigenvalue weighted by atomic mass is 16.3. The largest absolute Gasteiger partial charge is 0.390 e. The van der Waals surface area contributed by atoms with Gasteiger partial charge in [-0.15, -0.1) is 0 Å². The molecule has 2 atom stereocenters. The summed E-state index contributed by atoms with van der Waals surface area (Å²) in [7, 11) is 0. The Labute approximate surface area is 137 Å².